The van der Waals surface area contributed by atoms with Crippen LogP contribution in [-0.2, 0) is 17.9 Å². The van der Waals surface area contributed by atoms with E-state index in [4.69, 9.17) is 0 Å². The molecule has 7 nitrogen and oxygen atoms in total. The van der Waals surface area contributed by atoms with E-state index in [2.05, 4.69) is 4.98 Å². The molecule has 1 aliphatic heterocycles. The van der Waals surface area contributed by atoms with Gasteiger partial charge in [0.1, 0.15) is 11.4 Å². The SMILES string of the molecule is Cc1c(C(=O)N(C)Cc2ccccc2)sc2ncn(CC(=O)N3CCCC3)c(=O)c12. The Labute approximate surface area is 178 Å². The van der Waals surface area contributed by atoms with E-state index in [1.54, 1.807) is 23.8 Å². The number of aryl methyl sites for hydroxylation is 1. The Morgan fingerprint density at radius 1 is 1.17 bits per heavy atom. The number of hydrogen-bond acceptors (Lipinski definition) is 5. The molecule has 0 bridgehead atoms. The van der Waals surface area contributed by atoms with Gasteiger partial charge in [0.15, 0.2) is 0 Å². The molecule has 1 aliphatic rings. The molecule has 3 heterocycles. The first kappa shape index (κ1) is 20.3. The second kappa shape index (κ2) is 8.39. The van der Waals surface area contributed by atoms with Crippen molar-refractivity contribution in [1.29, 1.82) is 0 Å². The maximum absolute atomic E-state index is 13.0. The van der Waals surface area contributed by atoms with Crippen LogP contribution in [0.15, 0.2) is 41.5 Å². The van der Waals surface area contributed by atoms with Crippen molar-refractivity contribution in [2.24, 2.45) is 0 Å². The van der Waals surface area contributed by atoms with Crippen LogP contribution in [0.2, 0.25) is 0 Å². The van der Waals surface area contributed by atoms with E-state index in [0.717, 1.165) is 31.5 Å². The number of nitrogens with zero attached hydrogens (tertiary/aromatic N) is 4. The number of aromatic nitrogens is 2. The first-order valence-electron chi connectivity index (χ1n) is 10.0. The number of benzene rings is 1. The highest BCUT2D eigenvalue weighted by atomic mass is 32.1. The van der Waals surface area contributed by atoms with Gasteiger partial charge in [0.05, 0.1) is 16.6 Å². The Morgan fingerprint density at radius 2 is 1.87 bits per heavy atom. The zero-order chi connectivity index (χ0) is 21.3. The van der Waals surface area contributed by atoms with E-state index < -0.39 is 0 Å². The van der Waals surface area contributed by atoms with Crippen molar-refractivity contribution in [3.8, 4) is 0 Å². The molecule has 0 radical (unpaired) electrons. The normalized spacial score (nSPS) is 13.7. The van der Waals surface area contributed by atoms with E-state index in [1.165, 1.54) is 22.2 Å². The largest absolute Gasteiger partial charge is 0.341 e. The van der Waals surface area contributed by atoms with Crippen LogP contribution >= 0.6 is 11.3 Å². The number of hydrogen-bond donors (Lipinski definition) is 0. The molecule has 4 rings (SSSR count). The van der Waals surface area contributed by atoms with Gasteiger partial charge in [0.2, 0.25) is 5.91 Å². The first-order chi connectivity index (χ1) is 14.5. The van der Waals surface area contributed by atoms with E-state index in [0.29, 0.717) is 27.2 Å². The van der Waals surface area contributed by atoms with Gasteiger partial charge in [-0.3, -0.25) is 19.0 Å². The molecule has 3 aromatic rings. The Balaban J connectivity index is 1.60. The third kappa shape index (κ3) is 3.87. The minimum Gasteiger partial charge on any atom is -0.341 e. The molecule has 2 aromatic heterocycles. The van der Waals surface area contributed by atoms with Crippen LogP contribution in [0.3, 0.4) is 0 Å². The number of amides is 2. The van der Waals surface area contributed by atoms with Gasteiger partial charge in [0, 0.05) is 26.7 Å². The van der Waals surface area contributed by atoms with Gasteiger partial charge < -0.3 is 9.80 Å². The maximum atomic E-state index is 13.0. The highest BCUT2D eigenvalue weighted by Gasteiger charge is 2.23. The van der Waals surface area contributed by atoms with Crippen LogP contribution in [0.4, 0.5) is 0 Å². The van der Waals surface area contributed by atoms with E-state index in [9.17, 15) is 14.4 Å². The Morgan fingerprint density at radius 3 is 2.57 bits per heavy atom. The minimum absolute atomic E-state index is 0.0196. The third-order valence-corrected chi connectivity index (χ3v) is 6.67. The van der Waals surface area contributed by atoms with Crippen LogP contribution in [0, 0.1) is 6.92 Å². The second-order valence-corrected chi connectivity index (χ2v) is 8.65. The lowest BCUT2D eigenvalue weighted by atomic mass is 10.2. The smallest absolute Gasteiger partial charge is 0.264 e. The number of carbonyl (C=O) groups excluding carboxylic acids is 2. The Hall–Kier alpha value is -3.00. The summed E-state index contributed by atoms with van der Waals surface area (Å²) in [4.78, 5) is 47.3. The molecule has 1 fully saturated rings. The summed E-state index contributed by atoms with van der Waals surface area (Å²) in [6.07, 6.45) is 3.42. The molecular formula is C22H24N4O3S. The van der Waals surface area contributed by atoms with Gasteiger partial charge >= 0.3 is 0 Å². The van der Waals surface area contributed by atoms with Crippen LogP contribution in [-0.4, -0.2) is 51.3 Å². The minimum atomic E-state index is -0.272. The molecule has 30 heavy (non-hydrogen) atoms. The van der Waals surface area contributed by atoms with E-state index >= 15 is 0 Å². The van der Waals surface area contributed by atoms with Gasteiger partial charge in [0.25, 0.3) is 11.5 Å². The van der Waals surface area contributed by atoms with Crippen LogP contribution in [0.25, 0.3) is 10.2 Å². The van der Waals surface area contributed by atoms with Crippen molar-refractivity contribution in [3.05, 3.63) is 63.0 Å². The standard InChI is InChI=1S/C22H24N4O3S/c1-15-18-20(23-14-26(21(18)28)13-17(27)25-10-6-7-11-25)30-19(15)22(29)24(2)12-16-8-4-3-5-9-16/h3-5,8-9,14H,6-7,10-13H2,1-2H3. The van der Waals surface area contributed by atoms with Crippen LogP contribution in [0.5, 0.6) is 0 Å². The van der Waals surface area contributed by atoms with Crippen molar-refractivity contribution >= 4 is 33.4 Å². The van der Waals surface area contributed by atoms with Crippen molar-refractivity contribution in [3.63, 3.8) is 0 Å². The van der Waals surface area contributed by atoms with E-state index in [-0.39, 0.29) is 23.9 Å². The third-order valence-electron chi connectivity index (χ3n) is 5.49. The fourth-order valence-electron chi connectivity index (χ4n) is 3.79. The highest BCUT2D eigenvalue weighted by molar-refractivity contribution is 7.20. The lowest BCUT2D eigenvalue weighted by molar-refractivity contribution is -0.130. The molecule has 0 N–H and O–H groups in total. The predicted octanol–water partition coefficient (Wildman–Crippen LogP) is 2.66. The summed E-state index contributed by atoms with van der Waals surface area (Å²) in [5.74, 6) is -0.207. The number of rotatable bonds is 5. The molecule has 0 aliphatic carbocycles. The maximum Gasteiger partial charge on any atom is 0.264 e. The van der Waals surface area contributed by atoms with Crippen LogP contribution in [0.1, 0.15) is 33.6 Å². The average molecular weight is 425 g/mol. The average Bonchev–Trinajstić information content (AvgIpc) is 3.39. The summed E-state index contributed by atoms with van der Waals surface area (Å²) in [6.45, 7) is 3.72. The molecule has 0 saturated carbocycles. The summed E-state index contributed by atoms with van der Waals surface area (Å²) < 4.78 is 1.35. The summed E-state index contributed by atoms with van der Waals surface area (Å²) in [7, 11) is 1.75. The topological polar surface area (TPSA) is 75.5 Å². The number of carbonyl (C=O) groups is 2. The molecule has 2 amide bonds. The number of fused-ring (bicyclic) bond motifs is 1. The van der Waals surface area contributed by atoms with Crippen molar-refractivity contribution < 1.29 is 9.59 Å². The molecule has 8 heteroatoms. The van der Waals surface area contributed by atoms with Gasteiger partial charge in [-0.15, -0.1) is 11.3 Å². The first-order valence-corrected chi connectivity index (χ1v) is 10.8. The van der Waals surface area contributed by atoms with Crippen molar-refractivity contribution in [2.75, 3.05) is 20.1 Å². The lowest BCUT2D eigenvalue weighted by Gasteiger charge is -2.16. The van der Waals surface area contributed by atoms with Crippen molar-refractivity contribution in [1.82, 2.24) is 19.4 Å². The fourth-order valence-corrected chi connectivity index (χ4v) is 4.92. The Bertz CT molecular complexity index is 1150. The fraction of sp³-hybridized carbons (Fsp3) is 0.364. The molecule has 1 aromatic carbocycles. The van der Waals surface area contributed by atoms with Gasteiger partial charge in [-0.25, -0.2) is 4.98 Å². The predicted molar refractivity (Wildman–Crippen MR) is 117 cm³/mol. The molecule has 0 spiro atoms. The van der Waals surface area contributed by atoms with E-state index in [1.807, 2.05) is 30.3 Å². The molecule has 0 atom stereocenters. The highest BCUT2D eigenvalue weighted by Crippen LogP contribution is 2.28. The monoisotopic (exact) mass is 424 g/mol. The summed E-state index contributed by atoms with van der Waals surface area (Å²) >= 11 is 1.23. The number of thiophene rings is 1. The second-order valence-electron chi connectivity index (χ2n) is 7.65. The lowest BCUT2D eigenvalue weighted by Crippen LogP contribution is -2.34. The summed E-state index contributed by atoms with van der Waals surface area (Å²) in [5.41, 5.74) is 1.39. The molecule has 0 unspecified atom stereocenters. The number of likely N-dealkylation sites (tertiary alicyclic amines) is 1. The van der Waals surface area contributed by atoms with Gasteiger partial charge in [-0.05, 0) is 30.9 Å². The van der Waals surface area contributed by atoms with Gasteiger partial charge in [-0.2, -0.15) is 0 Å². The quantitative estimate of drug-likeness (QED) is 0.631. The van der Waals surface area contributed by atoms with Crippen LogP contribution < -0.4 is 5.56 Å². The summed E-state index contributed by atoms with van der Waals surface area (Å²) in [6, 6.07) is 9.76. The molecular weight excluding hydrogens is 400 g/mol. The van der Waals surface area contributed by atoms with Gasteiger partial charge in [-0.1, -0.05) is 30.3 Å². The molecule has 156 valence electrons. The summed E-state index contributed by atoms with van der Waals surface area (Å²) in [5, 5.41) is 0.424. The zero-order valence-electron chi connectivity index (χ0n) is 17.1. The van der Waals surface area contributed by atoms with Crippen molar-refractivity contribution in [2.45, 2.75) is 32.9 Å². The Kier molecular flexibility index (Phi) is 5.67. The zero-order valence-corrected chi connectivity index (χ0v) is 17.9. The molecule has 1 saturated heterocycles.